The molecule has 2 atom stereocenters. The molecule has 0 saturated heterocycles. The van der Waals surface area contributed by atoms with E-state index in [-0.39, 0.29) is 5.41 Å². The standard InChI is InChI=1S/C25H29BrN2O/c26-25-12-17-9-18(13-25)11-24(10-17,16-25)14-23(29)28-7-5-19(6-8-28)21-15-27-22-4-2-1-3-20(21)22/h1-5,15,17-18,27H,6-14,16H2. The molecule has 1 N–H and O–H groups in total. The van der Waals surface area contributed by atoms with Crippen molar-refractivity contribution in [3.05, 3.63) is 42.1 Å². The summed E-state index contributed by atoms with van der Waals surface area (Å²) in [7, 11) is 0. The summed E-state index contributed by atoms with van der Waals surface area (Å²) in [5.74, 6) is 2.08. The lowest BCUT2D eigenvalue weighted by molar-refractivity contribution is -0.138. The second-order valence-corrected chi connectivity index (χ2v) is 12.0. The van der Waals surface area contributed by atoms with Crippen molar-refractivity contribution in [3.8, 4) is 0 Å². The molecule has 7 rings (SSSR count). The van der Waals surface area contributed by atoms with E-state index in [1.54, 1.807) is 0 Å². The maximum absolute atomic E-state index is 13.3. The average Bonchev–Trinajstić information content (AvgIpc) is 3.10. The van der Waals surface area contributed by atoms with Crippen molar-refractivity contribution in [1.82, 2.24) is 9.88 Å². The Morgan fingerprint density at radius 2 is 1.97 bits per heavy atom. The summed E-state index contributed by atoms with van der Waals surface area (Å²) in [6.07, 6.45) is 14.0. The lowest BCUT2D eigenvalue weighted by Crippen LogP contribution is -2.54. The van der Waals surface area contributed by atoms with Crippen LogP contribution in [0.4, 0.5) is 0 Å². The number of aromatic nitrogens is 1. The fourth-order valence-corrected chi connectivity index (χ4v) is 8.96. The summed E-state index contributed by atoms with van der Waals surface area (Å²) in [5, 5.41) is 1.29. The molecule has 2 heterocycles. The summed E-state index contributed by atoms with van der Waals surface area (Å²) in [5.41, 5.74) is 4.13. The Kier molecular flexibility index (Phi) is 4.07. The molecule has 4 heteroatoms. The number of amides is 1. The van der Waals surface area contributed by atoms with E-state index >= 15 is 0 Å². The molecular formula is C25H29BrN2O. The third kappa shape index (κ3) is 3.10. The van der Waals surface area contributed by atoms with Gasteiger partial charge >= 0.3 is 0 Å². The highest BCUT2D eigenvalue weighted by Gasteiger charge is 2.57. The van der Waals surface area contributed by atoms with Gasteiger partial charge in [-0.25, -0.2) is 0 Å². The van der Waals surface area contributed by atoms with Crippen LogP contribution in [0.2, 0.25) is 0 Å². The minimum atomic E-state index is 0.269. The molecule has 2 unspecified atom stereocenters. The van der Waals surface area contributed by atoms with Crippen LogP contribution in [-0.2, 0) is 4.79 Å². The van der Waals surface area contributed by atoms with Crippen molar-refractivity contribution in [2.45, 2.75) is 55.7 Å². The number of fused-ring (bicyclic) bond motifs is 1. The van der Waals surface area contributed by atoms with Crippen molar-refractivity contribution < 1.29 is 4.79 Å². The van der Waals surface area contributed by atoms with Gasteiger partial charge in [0, 0.05) is 46.5 Å². The van der Waals surface area contributed by atoms with Gasteiger partial charge in [0.05, 0.1) is 0 Å². The van der Waals surface area contributed by atoms with E-state index in [0.29, 0.717) is 10.2 Å². The van der Waals surface area contributed by atoms with Gasteiger partial charge in [0.1, 0.15) is 0 Å². The summed E-state index contributed by atoms with van der Waals surface area (Å²) in [6, 6.07) is 8.48. The van der Waals surface area contributed by atoms with Crippen molar-refractivity contribution >= 4 is 38.3 Å². The van der Waals surface area contributed by atoms with Crippen LogP contribution in [-0.4, -0.2) is 33.2 Å². The van der Waals surface area contributed by atoms with Gasteiger partial charge in [0.2, 0.25) is 5.91 Å². The minimum absolute atomic E-state index is 0.269. The fourth-order valence-electron chi connectivity index (χ4n) is 7.45. The van der Waals surface area contributed by atoms with Gasteiger partial charge in [0.25, 0.3) is 0 Å². The first-order valence-corrected chi connectivity index (χ1v) is 12.0. The smallest absolute Gasteiger partial charge is 0.223 e. The van der Waals surface area contributed by atoms with Gasteiger partial charge < -0.3 is 9.88 Å². The van der Waals surface area contributed by atoms with Crippen LogP contribution in [0.5, 0.6) is 0 Å². The predicted molar refractivity (Wildman–Crippen MR) is 121 cm³/mol. The van der Waals surface area contributed by atoms with Crippen LogP contribution in [0.25, 0.3) is 16.5 Å². The molecule has 0 radical (unpaired) electrons. The van der Waals surface area contributed by atoms with Crippen LogP contribution >= 0.6 is 15.9 Å². The van der Waals surface area contributed by atoms with Gasteiger partial charge in [-0.15, -0.1) is 0 Å². The summed E-state index contributed by atoms with van der Waals surface area (Å²) < 4.78 is 0.335. The highest BCUT2D eigenvalue weighted by molar-refractivity contribution is 9.10. The van der Waals surface area contributed by atoms with Gasteiger partial charge in [-0.05, 0) is 73.8 Å². The van der Waals surface area contributed by atoms with Crippen LogP contribution < -0.4 is 0 Å². The highest BCUT2D eigenvalue weighted by Crippen LogP contribution is 2.65. The highest BCUT2D eigenvalue weighted by atomic mass is 79.9. The van der Waals surface area contributed by atoms with Crippen LogP contribution in [0.1, 0.15) is 56.9 Å². The van der Waals surface area contributed by atoms with E-state index in [4.69, 9.17) is 0 Å². The Bertz CT molecular complexity index is 991. The van der Waals surface area contributed by atoms with E-state index < -0.39 is 0 Å². The first-order chi connectivity index (χ1) is 14.0. The molecule has 4 saturated carbocycles. The summed E-state index contributed by atoms with van der Waals surface area (Å²) in [6.45, 7) is 1.61. The Hall–Kier alpha value is -1.55. The number of hydrogen-bond acceptors (Lipinski definition) is 1. The molecule has 1 aromatic carbocycles. The SMILES string of the molecule is O=C(CC12CC3CC(CC(Br)(C3)C1)C2)N1CC=C(c2c[nH]c3ccccc23)CC1. The monoisotopic (exact) mass is 452 g/mol. The molecule has 1 amide bonds. The van der Waals surface area contributed by atoms with Crippen LogP contribution in [0, 0.1) is 17.3 Å². The van der Waals surface area contributed by atoms with Crippen molar-refractivity contribution in [2.24, 2.45) is 17.3 Å². The fraction of sp³-hybridized carbons (Fsp3) is 0.560. The molecule has 2 aromatic rings. The molecule has 29 heavy (non-hydrogen) atoms. The molecule has 0 spiro atoms. The second-order valence-electron chi connectivity index (χ2n) is 10.4. The number of para-hydroxylation sites is 1. The van der Waals surface area contributed by atoms with Crippen molar-refractivity contribution in [1.29, 1.82) is 0 Å². The Balaban J connectivity index is 1.17. The van der Waals surface area contributed by atoms with Crippen molar-refractivity contribution in [3.63, 3.8) is 0 Å². The number of benzene rings is 1. The largest absolute Gasteiger partial charge is 0.361 e. The second kappa shape index (κ2) is 6.47. The van der Waals surface area contributed by atoms with Crippen LogP contribution in [0.3, 0.4) is 0 Å². The van der Waals surface area contributed by atoms with E-state index in [0.717, 1.165) is 37.8 Å². The van der Waals surface area contributed by atoms with E-state index in [1.165, 1.54) is 60.6 Å². The lowest BCUT2D eigenvalue weighted by atomic mass is 9.48. The molecular weight excluding hydrogens is 424 g/mol. The molecule has 1 aromatic heterocycles. The molecule has 4 bridgehead atoms. The Morgan fingerprint density at radius 3 is 2.69 bits per heavy atom. The van der Waals surface area contributed by atoms with Crippen molar-refractivity contribution in [2.75, 3.05) is 13.1 Å². The number of carbonyl (C=O) groups is 1. The topological polar surface area (TPSA) is 36.1 Å². The van der Waals surface area contributed by atoms with E-state index in [9.17, 15) is 4.79 Å². The quantitative estimate of drug-likeness (QED) is 0.577. The average molecular weight is 453 g/mol. The zero-order valence-electron chi connectivity index (χ0n) is 16.9. The Morgan fingerprint density at radius 1 is 1.17 bits per heavy atom. The number of H-pyrrole nitrogens is 1. The number of carbonyl (C=O) groups excluding carboxylic acids is 1. The molecule has 152 valence electrons. The summed E-state index contributed by atoms with van der Waals surface area (Å²) in [4.78, 5) is 18.8. The number of nitrogens with one attached hydrogen (secondary N) is 1. The van der Waals surface area contributed by atoms with Gasteiger partial charge in [-0.1, -0.05) is 40.2 Å². The number of rotatable bonds is 3. The van der Waals surface area contributed by atoms with Gasteiger partial charge in [-0.3, -0.25) is 4.79 Å². The lowest BCUT2D eigenvalue weighted by Gasteiger charge is -2.60. The molecule has 4 fully saturated rings. The third-order valence-electron chi connectivity index (χ3n) is 8.13. The normalized spacial score (nSPS) is 35.9. The van der Waals surface area contributed by atoms with Crippen LogP contribution in [0.15, 0.2) is 36.5 Å². The number of halogens is 1. The first-order valence-electron chi connectivity index (χ1n) is 11.2. The minimum Gasteiger partial charge on any atom is -0.361 e. The Labute approximate surface area is 181 Å². The maximum Gasteiger partial charge on any atom is 0.223 e. The molecule has 4 aliphatic carbocycles. The van der Waals surface area contributed by atoms with E-state index in [2.05, 4.69) is 62.4 Å². The number of hydrogen-bond donors (Lipinski definition) is 1. The molecule has 1 aliphatic heterocycles. The molecule has 5 aliphatic rings. The molecule has 3 nitrogen and oxygen atoms in total. The van der Waals surface area contributed by atoms with Gasteiger partial charge in [-0.2, -0.15) is 0 Å². The summed E-state index contributed by atoms with van der Waals surface area (Å²) >= 11 is 4.09. The number of nitrogens with zero attached hydrogens (tertiary/aromatic N) is 1. The third-order valence-corrected chi connectivity index (χ3v) is 9.06. The van der Waals surface area contributed by atoms with Gasteiger partial charge in [0.15, 0.2) is 0 Å². The zero-order valence-corrected chi connectivity index (χ0v) is 18.5. The number of alkyl halides is 1. The first kappa shape index (κ1) is 18.2. The number of aromatic amines is 1. The van der Waals surface area contributed by atoms with E-state index in [1.807, 2.05) is 0 Å². The maximum atomic E-state index is 13.3. The predicted octanol–water partition coefficient (Wildman–Crippen LogP) is 5.91. The zero-order chi connectivity index (χ0) is 19.6.